The van der Waals surface area contributed by atoms with E-state index in [1.54, 1.807) is 18.2 Å². The van der Waals surface area contributed by atoms with Gasteiger partial charge in [-0.15, -0.1) is 0 Å². The van der Waals surface area contributed by atoms with Gasteiger partial charge < -0.3 is 4.74 Å². The number of nitrogens with zero attached hydrogens (tertiary/aromatic N) is 2. The fourth-order valence-electron chi connectivity index (χ4n) is 3.11. The third kappa shape index (κ3) is 5.87. The molecule has 7 heteroatoms. The maximum atomic E-state index is 12.4. The van der Waals surface area contributed by atoms with Gasteiger partial charge in [-0.1, -0.05) is 53.6 Å². The van der Waals surface area contributed by atoms with Crippen molar-refractivity contribution in [2.75, 3.05) is 0 Å². The number of aromatic nitrogens is 2. The number of hydrogen-bond acceptors (Lipinski definition) is 4. The van der Waals surface area contributed by atoms with Crippen molar-refractivity contribution < 1.29 is 9.53 Å². The predicted octanol–water partition coefficient (Wildman–Crippen LogP) is 5.77. The predicted molar refractivity (Wildman–Crippen MR) is 131 cm³/mol. The maximum absolute atomic E-state index is 12.4. The SMILES string of the molecule is CC(=NNC(=O)c1cc(-c2ccc(OCc3ccc(C)cc3)cc2)n[nH]1)c1ccc(Cl)cc1. The van der Waals surface area contributed by atoms with Crippen molar-refractivity contribution in [2.45, 2.75) is 20.5 Å². The van der Waals surface area contributed by atoms with Crippen molar-refractivity contribution >= 4 is 23.2 Å². The first-order chi connectivity index (χ1) is 16.0. The summed E-state index contributed by atoms with van der Waals surface area (Å²) in [6.07, 6.45) is 0. The number of H-pyrrole nitrogens is 1. The molecule has 0 fully saturated rings. The summed E-state index contributed by atoms with van der Waals surface area (Å²) in [7, 11) is 0. The highest BCUT2D eigenvalue weighted by molar-refractivity contribution is 6.30. The Morgan fingerprint density at radius 1 is 1.03 bits per heavy atom. The second-order valence-corrected chi connectivity index (χ2v) is 8.05. The third-order valence-corrected chi connectivity index (χ3v) is 5.34. The first-order valence-corrected chi connectivity index (χ1v) is 10.8. The first-order valence-electron chi connectivity index (χ1n) is 10.4. The number of halogens is 1. The van der Waals surface area contributed by atoms with E-state index in [0.29, 0.717) is 28.7 Å². The Labute approximate surface area is 197 Å². The maximum Gasteiger partial charge on any atom is 0.289 e. The molecule has 33 heavy (non-hydrogen) atoms. The van der Waals surface area contributed by atoms with Gasteiger partial charge in [-0.2, -0.15) is 10.2 Å². The van der Waals surface area contributed by atoms with E-state index < -0.39 is 0 Å². The Morgan fingerprint density at radius 3 is 2.42 bits per heavy atom. The molecule has 2 N–H and O–H groups in total. The van der Waals surface area contributed by atoms with Crippen LogP contribution in [0.25, 0.3) is 11.3 Å². The zero-order chi connectivity index (χ0) is 23.2. The van der Waals surface area contributed by atoms with Crippen molar-refractivity contribution in [3.8, 4) is 17.0 Å². The number of nitrogens with one attached hydrogen (secondary N) is 2. The molecule has 0 spiro atoms. The van der Waals surface area contributed by atoms with E-state index in [-0.39, 0.29) is 5.91 Å². The minimum absolute atomic E-state index is 0.317. The van der Waals surface area contributed by atoms with Crippen molar-refractivity contribution in [3.05, 3.63) is 106 Å². The molecule has 0 atom stereocenters. The third-order valence-electron chi connectivity index (χ3n) is 5.09. The fourth-order valence-corrected chi connectivity index (χ4v) is 3.24. The monoisotopic (exact) mass is 458 g/mol. The van der Waals surface area contributed by atoms with Crippen molar-refractivity contribution in [3.63, 3.8) is 0 Å². The Morgan fingerprint density at radius 2 is 1.73 bits per heavy atom. The quantitative estimate of drug-likeness (QED) is 0.272. The lowest BCUT2D eigenvalue weighted by Gasteiger charge is -2.07. The van der Waals surface area contributed by atoms with Gasteiger partial charge in [0.1, 0.15) is 18.1 Å². The molecule has 1 aromatic heterocycles. The number of hydrogen-bond donors (Lipinski definition) is 2. The van der Waals surface area contributed by atoms with E-state index in [1.165, 1.54) is 5.56 Å². The van der Waals surface area contributed by atoms with Gasteiger partial charge in [0, 0.05) is 10.6 Å². The molecular formula is C26H23ClN4O2. The molecule has 4 rings (SSSR count). The molecule has 0 unspecified atom stereocenters. The normalized spacial score (nSPS) is 11.3. The number of carbonyl (C=O) groups is 1. The zero-order valence-corrected chi connectivity index (χ0v) is 19.1. The summed E-state index contributed by atoms with van der Waals surface area (Å²) >= 11 is 5.90. The number of benzene rings is 3. The van der Waals surface area contributed by atoms with Gasteiger partial charge in [0.2, 0.25) is 0 Å². The minimum Gasteiger partial charge on any atom is -0.489 e. The van der Waals surface area contributed by atoms with E-state index in [9.17, 15) is 4.79 Å². The van der Waals surface area contributed by atoms with Gasteiger partial charge in [-0.05, 0) is 67.4 Å². The molecule has 0 radical (unpaired) electrons. The summed E-state index contributed by atoms with van der Waals surface area (Å²) in [6.45, 7) is 4.37. The van der Waals surface area contributed by atoms with Gasteiger partial charge >= 0.3 is 0 Å². The van der Waals surface area contributed by atoms with Crippen LogP contribution in [0.1, 0.15) is 34.1 Å². The van der Waals surface area contributed by atoms with Gasteiger partial charge in [0.05, 0.1) is 11.4 Å². The van der Waals surface area contributed by atoms with Crippen LogP contribution in [0.5, 0.6) is 5.75 Å². The van der Waals surface area contributed by atoms with E-state index in [0.717, 1.165) is 22.4 Å². The van der Waals surface area contributed by atoms with Crippen LogP contribution in [0.4, 0.5) is 0 Å². The average Bonchev–Trinajstić information content (AvgIpc) is 3.33. The smallest absolute Gasteiger partial charge is 0.289 e. The molecule has 4 aromatic rings. The number of rotatable bonds is 7. The Kier molecular flexibility index (Phi) is 6.86. The number of amides is 1. The standard InChI is InChI=1S/C26H23ClN4O2/c1-17-3-5-19(6-4-17)16-33-23-13-9-21(10-14-23)24-15-25(30-29-24)26(32)31-28-18(2)20-7-11-22(27)12-8-20/h3-15H,16H2,1-2H3,(H,29,30)(H,31,32). The van der Waals surface area contributed by atoms with Gasteiger partial charge in [0.15, 0.2) is 0 Å². The van der Waals surface area contributed by atoms with Crippen LogP contribution in [0.3, 0.4) is 0 Å². The first kappa shape index (κ1) is 22.3. The largest absolute Gasteiger partial charge is 0.489 e. The van der Waals surface area contributed by atoms with Crippen molar-refractivity contribution in [2.24, 2.45) is 5.10 Å². The van der Waals surface area contributed by atoms with Crippen LogP contribution in [-0.4, -0.2) is 21.8 Å². The van der Waals surface area contributed by atoms with E-state index in [2.05, 4.69) is 51.9 Å². The Hall–Kier alpha value is -3.90. The molecular weight excluding hydrogens is 436 g/mol. The zero-order valence-electron chi connectivity index (χ0n) is 18.3. The Balaban J connectivity index is 1.36. The fraction of sp³-hybridized carbons (Fsp3) is 0.115. The second-order valence-electron chi connectivity index (χ2n) is 7.61. The van der Waals surface area contributed by atoms with E-state index in [1.807, 2.05) is 43.3 Å². The van der Waals surface area contributed by atoms with Crippen LogP contribution in [0.2, 0.25) is 5.02 Å². The van der Waals surface area contributed by atoms with E-state index in [4.69, 9.17) is 16.3 Å². The summed E-state index contributed by atoms with van der Waals surface area (Å²) in [5, 5.41) is 11.8. The molecule has 1 heterocycles. The van der Waals surface area contributed by atoms with Gasteiger partial charge in [0.25, 0.3) is 5.91 Å². The highest BCUT2D eigenvalue weighted by atomic mass is 35.5. The topological polar surface area (TPSA) is 79.4 Å². The van der Waals surface area contributed by atoms with Crippen LogP contribution < -0.4 is 10.2 Å². The molecule has 0 saturated heterocycles. The molecule has 0 aliphatic heterocycles. The number of aryl methyl sites for hydroxylation is 1. The summed E-state index contributed by atoms with van der Waals surface area (Å²) in [5.74, 6) is 0.389. The lowest BCUT2D eigenvalue weighted by molar-refractivity contribution is 0.0950. The highest BCUT2D eigenvalue weighted by Crippen LogP contribution is 2.22. The lowest BCUT2D eigenvalue weighted by Crippen LogP contribution is -2.19. The van der Waals surface area contributed by atoms with Crippen LogP contribution >= 0.6 is 11.6 Å². The molecule has 1 amide bonds. The molecule has 6 nitrogen and oxygen atoms in total. The molecule has 0 bridgehead atoms. The van der Waals surface area contributed by atoms with Crippen LogP contribution in [-0.2, 0) is 6.61 Å². The molecule has 0 aliphatic carbocycles. The highest BCUT2D eigenvalue weighted by Gasteiger charge is 2.11. The van der Waals surface area contributed by atoms with Gasteiger partial charge in [-0.25, -0.2) is 5.43 Å². The van der Waals surface area contributed by atoms with Crippen LogP contribution in [0, 0.1) is 6.92 Å². The van der Waals surface area contributed by atoms with Gasteiger partial charge in [-0.3, -0.25) is 9.89 Å². The average molecular weight is 459 g/mol. The minimum atomic E-state index is -0.375. The van der Waals surface area contributed by atoms with Crippen LogP contribution in [0.15, 0.2) is 84.0 Å². The molecule has 0 saturated carbocycles. The second kappa shape index (κ2) is 10.1. The number of carbonyl (C=O) groups excluding carboxylic acids is 1. The molecule has 166 valence electrons. The van der Waals surface area contributed by atoms with Crippen molar-refractivity contribution in [1.29, 1.82) is 0 Å². The summed E-state index contributed by atoms with van der Waals surface area (Å²) in [4.78, 5) is 12.4. The lowest BCUT2D eigenvalue weighted by atomic mass is 10.1. The molecule has 0 aliphatic rings. The van der Waals surface area contributed by atoms with Crippen molar-refractivity contribution in [1.82, 2.24) is 15.6 Å². The Bertz CT molecular complexity index is 1260. The van der Waals surface area contributed by atoms with E-state index >= 15 is 0 Å². The number of hydrazone groups is 1. The number of aromatic amines is 1. The summed E-state index contributed by atoms with van der Waals surface area (Å²) < 4.78 is 5.85. The number of ether oxygens (including phenoxy) is 1. The summed E-state index contributed by atoms with van der Waals surface area (Å²) in [5.41, 5.74) is 8.26. The summed E-state index contributed by atoms with van der Waals surface area (Å²) in [6, 6.07) is 24.8. The molecule has 3 aromatic carbocycles.